The molecule has 0 spiro atoms. The van der Waals surface area contributed by atoms with Gasteiger partial charge in [0.25, 0.3) is 0 Å². The van der Waals surface area contributed by atoms with Crippen LogP contribution in [0.5, 0.6) is 0 Å². The topological polar surface area (TPSA) is 63.3 Å². The molecule has 0 amide bonds. The van der Waals surface area contributed by atoms with E-state index in [4.69, 9.17) is 9.63 Å². The molecule has 1 aromatic heterocycles. The van der Waals surface area contributed by atoms with Gasteiger partial charge in [-0.2, -0.15) is 0 Å². The summed E-state index contributed by atoms with van der Waals surface area (Å²) in [5.74, 6) is -0.588. The van der Waals surface area contributed by atoms with Gasteiger partial charge in [-0.15, -0.1) is 0 Å². The molecular weight excluding hydrogens is 218 g/mol. The third-order valence-corrected chi connectivity index (χ3v) is 2.65. The van der Waals surface area contributed by atoms with Crippen LogP contribution in [0.4, 0.5) is 0 Å². The molecule has 0 saturated heterocycles. The third-order valence-electron chi connectivity index (χ3n) is 2.65. The van der Waals surface area contributed by atoms with Gasteiger partial charge in [0.1, 0.15) is 17.5 Å². The Kier molecular flexibility index (Phi) is 2.95. The molecule has 0 aliphatic rings. The second kappa shape index (κ2) is 4.41. The summed E-state index contributed by atoms with van der Waals surface area (Å²) in [7, 11) is 0. The molecular formula is C13H13NO3. The van der Waals surface area contributed by atoms with Crippen LogP contribution in [0.1, 0.15) is 35.7 Å². The molecule has 0 bridgehead atoms. The molecule has 4 heteroatoms. The van der Waals surface area contributed by atoms with Crippen LogP contribution in [0.3, 0.4) is 0 Å². The highest BCUT2D eigenvalue weighted by Crippen LogP contribution is 2.24. The first-order valence-corrected chi connectivity index (χ1v) is 5.37. The Morgan fingerprint density at radius 3 is 2.47 bits per heavy atom. The second-order valence-corrected chi connectivity index (χ2v) is 4.16. The molecule has 0 atom stereocenters. The summed E-state index contributed by atoms with van der Waals surface area (Å²) in [6.45, 7) is 4.21. The van der Waals surface area contributed by atoms with Crippen molar-refractivity contribution in [2.24, 2.45) is 0 Å². The van der Waals surface area contributed by atoms with E-state index in [0.29, 0.717) is 11.6 Å². The number of rotatable bonds is 3. The highest BCUT2D eigenvalue weighted by molar-refractivity contribution is 5.94. The number of aromatic carboxylic acids is 1. The normalized spacial score (nSPS) is 10.8. The van der Waals surface area contributed by atoms with Crippen molar-refractivity contribution in [1.29, 1.82) is 0 Å². The largest absolute Gasteiger partial charge is 0.477 e. The maximum atomic E-state index is 10.9. The SMILES string of the molecule is CC(C)c1ccc(-c2nocc2C(=O)O)cc1. The zero-order valence-corrected chi connectivity index (χ0v) is 9.68. The van der Waals surface area contributed by atoms with Gasteiger partial charge in [-0.05, 0) is 11.5 Å². The lowest BCUT2D eigenvalue weighted by Crippen LogP contribution is -1.97. The van der Waals surface area contributed by atoms with Crippen LogP contribution < -0.4 is 0 Å². The number of aromatic nitrogens is 1. The molecule has 4 nitrogen and oxygen atoms in total. The number of hydrogen-bond acceptors (Lipinski definition) is 3. The number of carbonyl (C=O) groups is 1. The monoisotopic (exact) mass is 231 g/mol. The second-order valence-electron chi connectivity index (χ2n) is 4.16. The lowest BCUT2D eigenvalue weighted by Gasteiger charge is -2.05. The fraction of sp³-hybridized carbons (Fsp3) is 0.231. The quantitative estimate of drug-likeness (QED) is 0.881. The van der Waals surface area contributed by atoms with Crippen molar-refractivity contribution in [3.05, 3.63) is 41.7 Å². The fourth-order valence-corrected chi connectivity index (χ4v) is 1.62. The zero-order valence-electron chi connectivity index (χ0n) is 9.68. The summed E-state index contributed by atoms with van der Waals surface area (Å²) in [5.41, 5.74) is 2.41. The van der Waals surface area contributed by atoms with Gasteiger partial charge < -0.3 is 9.63 Å². The van der Waals surface area contributed by atoms with Crippen molar-refractivity contribution >= 4 is 5.97 Å². The van der Waals surface area contributed by atoms with Crippen molar-refractivity contribution in [3.63, 3.8) is 0 Å². The van der Waals surface area contributed by atoms with E-state index in [1.807, 2.05) is 24.3 Å². The van der Waals surface area contributed by atoms with Crippen LogP contribution in [0.15, 0.2) is 35.1 Å². The standard InChI is InChI=1S/C13H13NO3/c1-8(2)9-3-5-10(6-4-9)12-11(13(15)16)7-17-14-12/h3-8H,1-2H3,(H,15,16). The number of carboxylic acids is 1. The van der Waals surface area contributed by atoms with E-state index in [1.54, 1.807) is 0 Å². The summed E-state index contributed by atoms with van der Waals surface area (Å²) in [6.07, 6.45) is 1.15. The zero-order chi connectivity index (χ0) is 12.4. The van der Waals surface area contributed by atoms with E-state index in [9.17, 15) is 4.79 Å². The highest BCUT2D eigenvalue weighted by atomic mass is 16.5. The predicted molar refractivity (Wildman–Crippen MR) is 63.0 cm³/mol. The Hall–Kier alpha value is -2.10. The lowest BCUT2D eigenvalue weighted by atomic mass is 10.00. The van der Waals surface area contributed by atoms with Gasteiger partial charge in [0.15, 0.2) is 0 Å². The highest BCUT2D eigenvalue weighted by Gasteiger charge is 2.16. The Labute approximate surface area is 98.9 Å². The van der Waals surface area contributed by atoms with Crippen LogP contribution in [-0.2, 0) is 0 Å². The summed E-state index contributed by atoms with van der Waals surface area (Å²) >= 11 is 0. The minimum atomic E-state index is -1.03. The molecule has 0 unspecified atom stereocenters. The number of nitrogens with zero attached hydrogens (tertiary/aromatic N) is 1. The summed E-state index contributed by atoms with van der Waals surface area (Å²) < 4.78 is 4.71. The van der Waals surface area contributed by atoms with Gasteiger partial charge in [0.05, 0.1) is 0 Å². The maximum Gasteiger partial charge on any atom is 0.341 e. The molecule has 17 heavy (non-hydrogen) atoms. The maximum absolute atomic E-state index is 10.9. The van der Waals surface area contributed by atoms with Crippen LogP contribution >= 0.6 is 0 Å². The molecule has 1 N–H and O–H groups in total. The predicted octanol–water partition coefficient (Wildman–Crippen LogP) is 3.16. The average molecular weight is 231 g/mol. The minimum Gasteiger partial charge on any atom is -0.477 e. The Morgan fingerprint density at radius 1 is 1.29 bits per heavy atom. The van der Waals surface area contributed by atoms with E-state index >= 15 is 0 Å². The van der Waals surface area contributed by atoms with Crippen molar-refractivity contribution in [3.8, 4) is 11.3 Å². The molecule has 1 aromatic carbocycles. The van der Waals surface area contributed by atoms with Gasteiger partial charge in [-0.3, -0.25) is 0 Å². The van der Waals surface area contributed by atoms with Gasteiger partial charge in [0, 0.05) is 5.56 Å². The molecule has 2 rings (SSSR count). The van der Waals surface area contributed by atoms with Gasteiger partial charge >= 0.3 is 5.97 Å². The number of hydrogen-bond donors (Lipinski definition) is 1. The summed E-state index contributed by atoms with van der Waals surface area (Å²) in [6, 6.07) is 7.67. The van der Waals surface area contributed by atoms with Crippen molar-refractivity contribution in [2.75, 3.05) is 0 Å². The third kappa shape index (κ3) is 2.20. The first kappa shape index (κ1) is 11.4. The molecule has 88 valence electrons. The van der Waals surface area contributed by atoms with E-state index in [2.05, 4.69) is 19.0 Å². The summed E-state index contributed by atoms with van der Waals surface area (Å²) in [4.78, 5) is 10.9. The van der Waals surface area contributed by atoms with Crippen molar-refractivity contribution in [2.45, 2.75) is 19.8 Å². The van der Waals surface area contributed by atoms with E-state index in [0.717, 1.165) is 11.8 Å². The van der Waals surface area contributed by atoms with E-state index < -0.39 is 5.97 Å². The van der Waals surface area contributed by atoms with E-state index in [-0.39, 0.29) is 5.56 Å². The van der Waals surface area contributed by atoms with Crippen LogP contribution in [0.2, 0.25) is 0 Å². The molecule has 0 fully saturated rings. The first-order chi connectivity index (χ1) is 8.09. The molecule has 0 aliphatic carbocycles. The first-order valence-electron chi connectivity index (χ1n) is 5.37. The Balaban J connectivity index is 2.40. The van der Waals surface area contributed by atoms with Crippen LogP contribution in [0.25, 0.3) is 11.3 Å². The van der Waals surface area contributed by atoms with Crippen molar-refractivity contribution < 1.29 is 14.4 Å². The van der Waals surface area contributed by atoms with Crippen LogP contribution in [0, 0.1) is 0 Å². The van der Waals surface area contributed by atoms with Gasteiger partial charge in [0.2, 0.25) is 0 Å². The average Bonchev–Trinajstić information content (AvgIpc) is 2.78. The summed E-state index contributed by atoms with van der Waals surface area (Å²) in [5, 5.41) is 12.7. The van der Waals surface area contributed by atoms with Crippen LogP contribution in [-0.4, -0.2) is 16.2 Å². The van der Waals surface area contributed by atoms with Gasteiger partial charge in [-0.25, -0.2) is 4.79 Å². The Morgan fingerprint density at radius 2 is 1.94 bits per heavy atom. The number of benzene rings is 1. The lowest BCUT2D eigenvalue weighted by molar-refractivity contribution is 0.0697. The minimum absolute atomic E-state index is 0.0855. The molecule has 0 radical (unpaired) electrons. The fourth-order valence-electron chi connectivity index (χ4n) is 1.62. The smallest absolute Gasteiger partial charge is 0.341 e. The molecule has 1 heterocycles. The number of carboxylic acid groups (broad SMARTS) is 1. The molecule has 0 aliphatic heterocycles. The molecule has 2 aromatic rings. The Bertz CT molecular complexity index is 526. The van der Waals surface area contributed by atoms with Gasteiger partial charge in [-0.1, -0.05) is 43.3 Å². The molecule has 0 saturated carbocycles. The van der Waals surface area contributed by atoms with Crippen molar-refractivity contribution in [1.82, 2.24) is 5.16 Å². The van der Waals surface area contributed by atoms with E-state index in [1.165, 1.54) is 5.56 Å².